The summed E-state index contributed by atoms with van der Waals surface area (Å²) >= 11 is -5.10. The van der Waals surface area contributed by atoms with Crippen molar-refractivity contribution >= 4 is 20.7 Å². The van der Waals surface area contributed by atoms with Crippen LogP contribution in [0.1, 0.15) is 56.9 Å². The van der Waals surface area contributed by atoms with Crippen molar-refractivity contribution < 1.29 is 14.4 Å². The molecule has 0 saturated carbocycles. The SMILES string of the molecule is [CH3][Zr]([Cl])([Cl])(=[CH]c1ccccc1)([CH]1C=CC2=C1CCCC2)[CH]1C=CC2=C1CCCC2. The van der Waals surface area contributed by atoms with Crippen molar-refractivity contribution in [3.8, 4) is 0 Å². The van der Waals surface area contributed by atoms with Crippen LogP contribution in [0, 0.1) is 0 Å². The van der Waals surface area contributed by atoms with Gasteiger partial charge in [-0.05, 0) is 0 Å². The van der Waals surface area contributed by atoms with Crippen molar-refractivity contribution in [2.24, 2.45) is 0 Å². The maximum atomic E-state index is 8.18. The number of hydrogen-bond acceptors (Lipinski definition) is 0. The van der Waals surface area contributed by atoms with Gasteiger partial charge in [0.1, 0.15) is 0 Å². The molecule has 0 spiro atoms. The summed E-state index contributed by atoms with van der Waals surface area (Å²) in [5, 5.41) is 0. The van der Waals surface area contributed by atoms with Gasteiger partial charge in [0.25, 0.3) is 0 Å². The predicted octanol–water partition coefficient (Wildman–Crippen LogP) is 8.88. The average Bonchev–Trinajstić information content (AvgIpc) is 3.34. The summed E-state index contributed by atoms with van der Waals surface area (Å²) in [7, 11) is 16.4. The van der Waals surface area contributed by atoms with Crippen molar-refractivity contribution in [3.63, 3.8) is 0 Å². The molecule has 0 N–H and O–H groups in total. The molecule has 0 nitrogen and oxygen atoms in total. The normalized spacial score (nSPS) is 28.8. The van der Waals surface area contributed by atoms with E-state index in [9.17, 15) is 0 Å². The van der Waals surface area contributed by atoms with E-state index in [1.807, 2.05) is 0 Å². The van der Waals surface area contributed by atoms with Gasteiger partial charge in [-0.25, -0.2) is 0 Å². The van der Waals surface area contributed by atoms with Crippen LogP contribution >= 0.6 is 17.0 Å². The number of halogens is 2. The standard InChI is InChI=1S/2C9H11.C7H6.CH3.2ClH.Zr/c2*1-2-5-9-7-3-6-8(9)4-1;1-7-5-3-2-4-6-7;;;;/h2*3,6-7H,1-2,4-5H2;1-6H;1H3;2*1H;/q;;;;;;+2/p-2. The molecule has 0 aliphatic heterocycles. The van der Waals surface area contributed by atoms with E-state index < -0.39 is 14.4 Å². The van der Waals surface area contributed by atoms with Crippen LogP contribution in [0.15, 0.2) is 76.9 Å². The van der Waals surface area contributed by atoms with E-state index in [1.54, 1.807) is 11.1 Å². The molecule has 0 fully saturated rings. The fourth-order valence-electron chi connectivity index (χ4n) is 6.63. The van der Waals surface area contributed by atoms with Crippen LogP contribution in [0.4, 0.5) is 0 Å². The minimum atomic E-state index is -5.10. The van der Waals surface area contributed by atoms with Gasteiger partial charge in [-0.2, -0.15) is 0 Å². The first kappa shape index (κ1) is 20.4. The molecular formula is C26H31Cl2Zr. The van der Waals surface area contributed by atoms with Gasteiger partial charge in [-0.15, -0.1) is 0 Å². The van der Waals surface area contributed by atoms with Crippen LogP contribution in [-0.4, -0.2) is 3.71 Å². The van der Waals surface area contributed by atoms with E-state index in [1.165, 1.54) is 55.2 Å². The van der Waals surface area contributed by atoms with Crippen LogP contribution in [0.3, 0.4) is 0 Å². The Morgan fingerprint density at radius 1 is 0.759 bits per heavy atom. The second-order valence-corrected chi connectivity index (χ2v) is 41.7. The van der Waals surface area contributed by atoms with Gasteiger partial charge in [0.05, 0.1) is 0 Å². The molecule has 0 bridgehead atoms. The molecule has 0 saturated heterocycles. The minimum absolute atomic E-state index is 0.179. The molecule has 3 heteroatoms. The molecule has 0 aromatic heterocycles. The summed E-state index contributed by atoms with van der Waals surface area (Å²) in [5.41, 5.74) is 7.30. The van der Waals surface area contributed by atoms with Crippen molar-refractivity contribution in [2.45, 2.75) is 63.2 Å². The second kappa shape index (κ2) is 6.75. The molecule has 4 aliphatic carbocycles. The summed E-state index contributed by atoms with van der Waals surface area (Å²) in [5.74, 6) is 0. The molecule has 153 valence electrons. The Balaban J connectivity index is 1.78. The van der Waals surface area contributed by atoms with Gasteiger partial charge in [0, 0.05) is 0 Å². The third-order valence-corrected chi connectivity index (χ3v) is 29.3. The number of rotatable bonds is 3. The molecule has 0 heterocycles. The van der Waals surface area contributed by atoms with E-state index in [0.29, 0.717) is 0 Å². The summed E-state index contributed by atoms with van der Waals surface area (Å²) in [6, 6.07) is 10.6. The van der Waals surface area contributed by atoms with Crippen molar-refractivity contribution in [1.29, 1.82) is 0 Å². The Morgan fingerprint density at radius 3 is 1.76 bits per heavy atom. The van der Waals surface area contributed by atoms with Gasteiger partial charge in [-0.3, -0.25) is 0 Å². The predicted molar refractivity (Wildman–Crippen MR) is 126 cm³/mol. The topological polar surface area (TPSA) is 0 Å². The first-order valence-corrected chi connectivity index (χ1v) is 24.4. The van der Waals surface area contributed by atoms with Crippen LogP contribution in [0.2, 0.25) is 11.9 Å². The first-order valence-electron chi connectivity index (χ1n) is 11.3. The zero-order chi connectivity index (χ0) is 20.2. The Labute approximate surface area is 179 Å². The van der Waals surface area contributed by atoms with E-state index in [2.05, 4.69) is 63.0 Å². The van der Waals surface area contributed by atoms with Crippen molar-refractivity contribution in [2.75, 3.05) is 0 Å². The zero-order valence-electron chi connectivity index (χ0n) is 17.3. The zero-order valence-corrected chi connectivity index (χ0v) is 21.3. The van der Waals surface area contributed by atoms with Gasteiger partial charge < -0.3 is 0 Å². The molecular weight excluding hydrogens is 474 g/mol. The second-order valence-electron chi connectivity index (χ2n) is 10.2. The Morgan fingerprint density at radius 2 is 1.24 bits per heavy atom. The van der Waals surface area contributed by atoms with Gasteiger partial charge in [0.2, 0.25) is 0 Å². The molecule has 0 amide bonds. The maximum absolute atomic E-state index is 8.18. The summed E-state index contributed by atoms with van der Waals surface area (Å²) in [4.78, 5) is 0. The fourth-order valence-corrected chi connectivity index (χ4v) is 27.5. The summed E-state index contributed by atoms with van der Waals surface area (Å²) in [6.07, 6.45) is 19.3. The Hall–Kier alpha value is -0.487. The van der Waals surface area contributed by atoms with Crippen molar-refractivity contribution in [3.05, 3.63) is 82.5 Å². The number of hydrogen-bond donors (Lipinski definition) is 0. The molecule has 2 unspecified atom stereocenters. The van der Waals surface area contributed by atoms with E-state index in [-0.39, 0.29) is 7.25 Å². The third kappa shape index (κ3) is 3.23. The number of benzene rings is 1. The van der Waals surface area contributed by atoms with Crippen LogP contribution < -0.4 is 0 Å². The molecule has 1 aromatic carbocycles. The van der Waals surface area contributed by atoms with Gasteiger partial charge >= 0.3 is 181 Å². The molecule has 5 rings (SSSR count). The van der Waals surface area contributed by atoms with Crippen LogP contribution in [0.25, 0.3) is 0 Å². The fraction of sp³-hybridized carbons (Fsp3) is 0.423. The Kier molecular flexibility index (Phi) is 4.75. The monoisotopic (exact) mass is 503 g/mol. The molecule has 4 aliphatic rings. The molecule has 0 radical (unpaired) electrons. The average molecular weight is 506 g/mol. The quantitative estimate of drug-likeness (QED) is 0.385. The van der Waals surface area contributed by atoms with E-state index >= 15 is 0 Å². The molecule has 2 atom stereocenters. The first-order chi connectivity index (χ1) is 13.8. The van der Waals surface area contributed by atoms with Gasteiger partial charge in [-0.1, -0.05) is 0 Å². The molecule has 1 aromatic rings. The third-order valence-electron chi connectivity index (χ3n) is 8.04. The van der Waals surface area contributed by atoms with Crippen LogP contribution in [-0.2, 0) is 14.4 Å². The number of allylic oxidation sites excluding steroid dienone is 8. The van der Waals surface area contributed by atoms with E-state index in [0.717, 1.165) is 12.8 Å². The summed E-state index contributed by atoms with van der Waals surface area (Å²) < 4.78 is 5.05. The molecule has 29 heavy (non-hydrogen) atoms. The van der Waals surface area contributed by atoms with Crippen LogP contribution in [0.5, 0.6) is 0 Å². The van der Waals surface area contributed by atoms with Gasteiger partial charge in [0.15, 0.2) is 0 Å². The van der Waals surface area contributed by atoms with E-state index in [4.69, 9.17) is 17.0 Å². The van der Waals surface area contributed by atoms with Crippen molar-refractivity contribution in [1.82, 2.24) is 0 Å². The summed E-state index contributed by atoms with van der Waals surface area (Å²) in [6.45, 7) is 0. The Bertz CT molecular complexity index is 1010.